The minimum atomic E-state index is -0.303. The number of benzene rings is 1. The second-order valence-corrected chi connectivity index (χ2v) is 5.92. The topological polar surface area (TPSA) is 51.2 Å². The summed E-state index contributed by atoms with van der Waals surface area (Å²) in [6, 6.07) is 5.62. The average Bonchev–Trinajstić information content (AvgIpc) is 2.89. The van der Waals surface area contributed by atoms with Gasteiger partial charge in [0.05, 0.1) is 18.4 Å². The lowest BCUT2D eigenvalue weighted by Crippen LogP contribution is -2.22. The fourth-order valence-electron chi connectivity index (χ4n) is 2.39. The molecule has 0 aliphatic carbocycles. The Morgan fingerprint density at radius 3 is 2.90 bits per heavy atom. The fourth-order valence-corrected chi connectivity index (χ4v) is 3.56. The van der Waals surface area contributed by atoms with Crippen LogP contribution in [0.3, 0.4) is 0 Å². The number of fused-ring (bicyclic) bond motifs is 1. The number of thiazole rings is 1. The van der Waals surface area contributed by atoms with Gasteiger partial charge >= 0.3 is 5.97 Å². The number of carbonyl (C=O) groups is 1. The number of carbonyl (C=O) groups excluding carboxylic acids is 1. The summed E-state index contributed by atoms with van der Waals surface area (Å²) in [7, 11) is 1.40. The van der Waals surface area contributed by atoms with Gasteiger partial charge in [-0.05, 0) is 24.6 Å². The summed E-state index contributed by atoms with van der Waals surface area (Å²) in [6.45, 7) is 3.91. The molecule has 0 saturated carbocycles. The van der Waals surface area contributed by atoms with Crippen molar-refractivity contribution >= 4 is 34.3 Å². The van der Waals surface area contributed by atoms with Gasteiger partial charge < -0.3 is 10.1 Å². The lowest BCUT2D eigenvalue weighted by atomic mass is 10.1. The van der Waals surface area contributed by atoms with E-state index in [-0.39, 0.29) is 23.0 Å². The van der Waals surface area contributed by atoms with Gasteiger partial charge in [0.2, 0.25) is 0 Å². The molecule has 0 saturated heterocycles. The van der Waals surface area contributed by atoms with E-state index in [1.165, 1.54) is 17.7 Å². The molecule has 0 radical (unpaired) electrons. The number of methoxy groups -OCH3 is 1. The zero-order valence-electron chi connectivity index (χ0n) is 11.9. The van der Waals surface area contributed by atoms with E-state index >= 15 is 0 Å². The molecule has 0 bridgehead atoms. The van der Waals surface area contributed by atoms with Crippen LogP contribution in [-0.2, 0) is 17.7 Å². The van der Waals surface area contributed by atoms with E-state index in [2.05, 4.69) is 5.32 Å². The van der Waals surface area contributed by atoms with Crippen LogP contribution >= 0.6 is 28.3 Å². The van der Waals surface area contributed by atoms with Crippen LogP contribution in [0, 0.1) is 6.92 Å². The Bertz CT molecular complexity index is 646. The molecule has 1 aliphatic heterocycles. The van der Waals surface area contributed by atoms with Gasteiger partial charge in [-0.1, -0.05) is 6.07 Å². The number of rotatable bonds is 2. The maximum absolute atomic E-state index is 11.5. The molecule has 4 nitrogen and oxygen atoms in total. The molecule has 0 atom stereocenters. The lowest BCUT2D eigenvalue weighted by Gasteiger charge is -2.09. The zero-order valence-corrected chi connectivity index (χ0v) is 14.5. The summed E-state index contributed by atoms with van der Waals surface area (Å²) in [5.74, 6) is -0.303. The molecule has 2 aromatic rings. The maximum atomic E-state index is 11.5. The van der Waals surface area contributed by atoms with E-state index in [4.69, 9.17) is 9.72 Å². The SMILES string of the molecule is Br.COC(=O)c1ccc(-c2nc3c(s2)CNCC3)c(C)c1. The lowest BCUT2D eigenvalue weighted by molar-refractivity contribution is 0.0600. The van der Waals surface area contributed by atoms with Crippen molar-refractivity contribution in [1.82, 2.24) is 10.3 Å². The number of hydrogen-bond donors (Lipinski definition) is 1. The Morgan fingerprint density at radius 1 is 1.43 bits per heavy atom. The van der Waals surface area contributed by atoms with Crippen LogP contribution in [0.2, 0.25) is 0 Å². The number of aromatic nitrogens is 1. The number of aryl methyl sites for hydroxylation is 1. The van der Waals surface area contributed by atoms with E-state index in [9.17, 15) is 4.79 Å². The third kappa shape index (κ3) is 3.17. The van der Waals surface area contributed by atoms with Crippen molar-refractivity contribution in [3.8, 4) is 10.6 Å². The van der Waals surface area contributed by atoms with Crippen LogP contribution in [0.15, 0.2) is 18.2 Å². The summed E-state index contributed by atoms with van der Waals surface area (Å²) >= 11 is 1.73. The highest BCUT2D eigenvalue weighted by Gasteiger charge is 2.17. The van der Waals surface area contributed by atoms with Gasteiger partial charge in [-0.25, -0.2) is 9.78 Å². The fraction of sp³-hybridized carbons (Fsp3) is 0.333. The average molecular weight is 369 g/mol. The van der Waals surface area contributed by atoms with Crippen LogP contribution in [0.1, 0.15) is 26.5 Å². The first-order valence-corrected chi connectivity index (χ1v) is 7.39. The van der Waals surface area contributed by atoms with Crippen LogP contribution in [-0.4, -0.2) is 24.6 Å². The molecule has 2 heterocycles. The summed E-state index contributed by atoms with van der Waals surface area (Å²) in [5, 5.41) is 4.40. The second-order valence-electron chi connectivity index (χ2n) is 4.84. The van der Waals surface area contributed by atoms with Gasteiger partial charge in [-0.3, -0.25) is 0 Å². The number of hydrogen-bond acceptors (Lipinski definition) is 5. The van der Waals surface area contributed by atoms with Crippen molar-refractivity contribution in [3.63, 3.8) is 0 Å². The molecule has 0 fully saturated rings. The standard InChI is InChI=1S/C15H16N2O2S.BrH/c1-9-7-10(15(18)19-2)3-4-11(9)14-17-12-5-6-16-8-13(12)20-14;/h3-4,7,16H,5-6,8H2,1-2H3;1H. The van der Waals surface area contributed by atoms with Gasteiger partial charge in [0.25, 0.3) is 0 Å². The summed E-state index contributed by atoms with van der Waals surface area (Å²) in [5.41, 5.74) is 3.93. The van der Waals surface area contributed by atoms with Gasteiger partial charge in [-0.2, -0.15) is 0 Å². The monoisotopic (exact) mass is 368 g/mol. The smallest absolute Gasteiger partial charge is 0.337 e. The van der Waals surface area contributed by atoms with Gasteiger partial charge in [0.15, 0.2) is 0 Å². The van der Waals surface area contributed by atoms with Crippen LogP contribution < -0.4 is 5.32 Å². The van der Waals surface area contributed by atoms with Crippen LogP contribution in [0.4, 0.5) is 0 Å². The zero-order chi connectivity index (χ0) is 14.1. The van der Waals surface area contributed by atoms with Crippen molar-refractivity contribution in [1.29, 1.82) is 0 Å². The minimum Gasteiger partial charge on any atom is -0.465 e. The minimum absolute atomic E-state index is 0. The van der Waals surface area contributed by atoms with Crippen molar-refractivity contribution in [3.05, 3.63) is 39.9 Å². The second kappa shape index (κ2) is 6.68. The van der Waals surface area contributed by atoms with E-state index < -0.39 is 0 Å². The molecule has 0 amide bonds. The molecule has 112 valence electrons. The van der Waals surface area contributed by atoms with Crippen LogP contribution in [0.5, 0.6) is 0 Å². The number of esters is 1. The van der Waals surface area contributed by atoms with Crippen molar-refractivity contribution in [2.45, 2.75) is 19.9 Å². The predicted molar refractivity (Wildman–Crippen MR) is 89.4 cm³/mol. The highest BCUT2D eigenvalue weighted by molar-refractivity contribution is 8.93. The quantitative estimate of drug-likeness (QED) is 0.827. The first-order valence-electron chi connectivity index (χ1n) is 6.57. The molecule has 6 heteroatoms. The summed E-state index contributed by atoms with van der Waals surface area (Å²) in [4.78, 5) is 17.6. The van der Waals surface area contributed by atoms with Crippen molar-refractivity contribution in [2.24, 2.45) is 0 Å². The summed E-state index contributed by atoms with van der Waals surface area (Å²) in [6.07, 6.45) is 0.991. The van der Waals surface area contributed by atoms with E-state index in [0.29, 0.717) is 5.56 Å². The van der Waals surface area contributed by atoms with Crippen LogP contribution in [0.25, 0.3) is 10.6 Å². The molecular formula is C15H17BrN2O2S. The molecule has 0 spiro atoms. The maximum Gasteiger partial charge on any atom is 0.337 e. The van der Waals surface area contributed by atoms with Gasteiger partial charge in [0, 0.05) is 30.0 Å². The van der Waals surface area contributed by atoms with E-state index in [0.717, 1.165) is 35.6 Å². The van der Waals surface area contributed by atoms with Crippen molar-refractivity contribution < 1.29 is 9.53 Å². The van der Waals surface area contributed by atoms with E-state index in [1.807, 2.05) is 19.1 Å². The Labute approximate surface area is 138 Å². The molecule has 0 unspecified atom stereocenters. The molecule has 3 rings (SSSR count). The molecular weight excluding hydrogens is 352 g/mol. The normalized spacial score (nSPS) is 13.2. The van der Waals surface area contributed by atoms with E-state index in [1.54, 1.807) is 17.4 Å². The Morgan fingerprint density at radius 2 is 2.24 bits per heavy atom. The Balaban J connectivity index is 0.00000161. The first-order chi connectivity index (χ1) is 9.69. The first kappa shape index (κ1) is 16.1. The third-order valence-corrected chi connectivity index (χ3v) is 4.61. The molecule has 1 aliphatic rings. The number of nitrogens with zero attached hydrogens (tertiary/aromatic N) is 1. The summed E-state index contributed by atoms with van der Waals surface area (Å²) < 4.78 is 4.74. The van der Waals surface area contributed by atoms with Gasteiger partial charge in [-0.15, -0.1) is 28.3 Å². The third-order valence-electron chi connectivity index (χ3n) is 3.48. The Kier molecular flexibility index (Phi) is 5.13. The highest BCUT2D eigenvalue weighted by Crippen LogP contribution is 2.32. The largest absolute Gasteiger partial charge is 0.465 e. The van der Waals surface area contributed by atoms with Crippen molar-refractivity contribution in [2.75, 3.05) is 13.7 Å². The molecule has 1 aromatic carbocycles. The molecule has 21 heavy (non-hydrogen) atoms. The Hall–Kier alpha value is -1.24. The number of nitrogens with one attached hydrogen (secondary N) is 1. The number of halogens is 1. The highest BCUT2D eigenvalue weighted by atomic mass is 79.9. The molecule has 1 N–H and O–H groups in total. The molecule has 1 aromatic heterocycles. The number of ether oxygens (including phenoxy) is 1. The van der Waals surface area contributed by atoms with Gasteiger partial charge in [0.1, 0.15) is 5.01 Å². The predicted octanol–water partition coefficient (Wildman–Crippen LogP) is 3.13.